The van der Waals surface area contributed by atoms with E-state index in [-0.39, 0.29) is 22.9 Å². The standard InChI is InChI=1S/C23H16Cl2N2O3/c24-17-7-3-9-19(20(17)25)27(18-8-2-1-6-16(18)23(29)30)13-15-11-10-14-5-4-12-26-21(14)22(15)28/h1-12,28H,13H2,(H,29,30). The van der Waals surface area contributed by atoms with Gasteiger partial charge in [-0.15, -0.1) is 0 Å². The van der Waals surface area contributed by atoms with Crippen LogP contribution >= 0.6 is 23.2 Å². The van der Waals surface area contributed by atoms with Crippen LogP contribution in [0.15, 0.2) is 72.9 Å². The van der Waals surface area contributed by atoms with E-state index in [0.717, 1.165) is 5.39 Å². The summed E-state index contributed by atoms with van der Waals surface area (Å²) in [5, 5.41) is 22.0. The molecule has 0 spiro atoms. The van der Waals surface area contributed by atoms with E-state index in [1.165, 1.54) is 6.07 Å². The van der Waals surface area contributed by atoms with Gasteiger partial charge < -0.3 is 15.1 Å². The van der Waals surface area contributed by atoms with E-state index >= 15 is 0 Å². The number of hydrogen-bond donors (Lipinski definition) is 2. The highest BCUT2D eigenvalue weighted by Gasteiger charge is 2.22. The van der Waals surface area contributed by atoms with E-state index < -0.39 is 5.97 Å². The average Bonchev–Trinajstić information content (AvgIpc) is 2.76. The van der Waals surface area contributed by atoms with Gasteiger partial charge in [0.25, 0.3) is 0 Å². The van der Waals surface area contributed by atoms with Crippen molar-refractivity contribution in [2.45, 2.75) is 6.54 Å². The molecule has 0 radical (unpaired) electrons. The van der Waals surface area contributed by atoms with Crippen molar-refractivity contribution >= 4 is 51.4 Å². The number of aromatic hydroxyl groups is 1. The molecule has 0 aliphatic rings. The quantitative estimate of drug-likeness (QED) is 0.383. The molecular weight excluding hydrogens is 423 g/mol. The number of carbonyl (C=O) groups is 1. The van der Waals surface area contributed by atoms with E-state index in [4.69, 9.17) is 23.2 Å². The molecular formula is C23H16Cl2N2O3. The van der Waals surface area contributed by atoms with Gasteiger partial charge in [0.2, 0.25) is 0 Å². The van der Waals surface area contributed by atoms with E-state index in [0.29, 0.717) is 27.5 Å². The zero-order valence-electron chi connectivity index (χ0n) is 15.6. The predicted octanol–water partition coefficient (Wildman–Crippen LogP) is 6.28. The molecule has 30 heavy (non-hydrogen) atoms. The lowest BCUT2D eigenvalue weighted by molar-refractivity contribution is 0.0697. The topological polar surface area (TPSA) is 73.7 Å². The Kier molecular flexibility index (Phi) is 5.48. The first-order valence-electron chi connectivity index (χ1n) is 9.07. The molecule has 1 heterocycles. The van der Waals surface area contributed by atoms with Crippen molar-refractivity contribution in [2.75, 3.05) is 4.90 Å². The molecule has 0 fully saturated rings. The fourth-order valence-corrected chi connectivity index (χ4v) is 3.76. The van der Waals surface area contributed by atoms with Gasteiger partial charge in [0.15, 0.2) is 0 Å². The minimum absolute atomic E-state index is 0.0315. The SMILES string of the molecule is O=C(O)c1ccccc1N(Cc1ccc2cccnc2c1O)c1cccc(Cl)c1Cl. The molecule has 0 aliphatic carbocycles. The van der Waals surface area contributed by atoms with Gasteiger partial charge in [-0.25, -0.2) is 4.79 Å². The smallest absolute Gasteiger partial charge is 0.337 e. The third-order valence-corrected chi connectivity index (χ3v) is 5.62. The molecule has 0 atom stereocenters. The highest BCUT2D eigenvalue weighted by atomic mass is 35.5. The molecule has 2 N–H and O–H groups in total. The first-order valence-corrected chi connectivity index (χ1v) is 9.82. The molecule has 3 aromatic carbocycles. The third kappa shape index (κ3) is 3.65. The number of nitrogens with zero attached hydrogens (tertiary/aromatic N) is 2. The molecule has 0 amide bonds. The Morgan fingerprint density at radius 2 is 1.70 bits per heavy atom. The van der Waals surface area contributed by atoms with Crippen molar-refractivity contribution in [3.05, 3.63) is 94.1 Å². The number of halogens is 2. The van der Waals surface area contributed by atoms with Crippen molar-refractivity contribution in [2.24, 2.45) is 0 Å². The molecule has 1 aromatic heterocycles. The minimum atomic E-state index is -1.07. The number of para-hydroxylation sites is 1. The molecule has 0 unspecified atom stereocenters. The first kappa shape index (κ1) is 20.0. The second-order valence-electron chi connectivity index (χ2n) is 6.63. The lowest BCUT2D eigenvalue weighted by atomic mass is 10.1. The number of carboxylic acids is 1. The summed E-state index contributed by atoms with van der Waals surface area (Å²) in [5.74, 6) is -1.04. The zero-order chi connectivity index (χ0) is 21.3. The van der Waals surface area contributed by atoms with Gasteiger partial charge in [-0.3, -0.25) is 4.98 Å². The van der Waals surface area contributed by atoms with Crippen LogP contribution in [0.25, 0.3) is 10.9 Å². The Morgan fingerprint density at radius 3 is 2.50 bits per heavy atom. The van der Waals surface area contributed by atoms with Crippen molar-refractivity contribution in [1.29, 1.82) is 0 Å². The summed E-state index contributed by atoms with van der Waals surface area (Å²) in [7, 11) is 0. The first-order chi connectivity index (χ1) is 14.5. The summed E-state index contributed by atoms with van der Waals surface area (Å²) in [6.07, 6.45) is 1.61. The molecule has 4 rings (SSSR count). The van der Waals surface area contributed by atoms with Crippen molar-refractivity contribution in [1.82, 2.24) is 4.98 Å². The van der Waals surface area contributed by atoms with Crippen LogP contribution in [0.3, 0.4) is 0 Å². The van der Waals surface area contributed by atoms with Crippen LogP contribution in [0.2, 0.25) is 10.0 Å². The highest BCUT2D eigenvalue weighted by molar-refractivity contribution is 6.43. The summed E-state index contributed by atoms with van der Waals surface area (Å²) in [6.45, 7) is 0.155. The van der Waals surface area contributed by atoms with Gasteiger partial charge in [-0.05, 0) is 30.3 Å². The fraction of sp³-hybridized carbons (Fsp3) is 0.0435. The van der Waals surface area contributed by atoms with Crippen LogP contribution in [0.1, 0.15) is 15.9 Å². The number of aromatic nitrogens is 1. The highest BCUT2D eigenvalue weighted by Crippen LogP contribution is 2.40. The molecule has 150 valence electrons. The number of fused-ring (bicyclic) bond motifs is 1. The summed E-state index contributed by atoms with van der Waals surface area (Å²) in [4.78, 5) is 17.8. The lowest BCUT2D eigenvalue weighted by Crippen LogP contribution is -2.20. The number of benzene rings is 3. The Labute approximate surface area is 182 Å². The van der Waals surface area contributed by atoms with E-state index in [1.807, 2.05) is 12.1 Å². The van der Waals surface area contributed by atoms with Crippen LogP contribution < -0.4 is 4.90 Å². The second-order valence-corrected chi connectivity index (χ2v) is 7.41. The minimum Gasteiger partial charge on any atom is -0.505 e. The maximum absolute atomic E-state index is 11.9. The fourth-order valence-electron chi connectivity index (χ4n) is 3.36. The zero-order valence-corrected chi connectivity index (χ0v) is 17.1. The average molecular weight is 439 g/mol. The molecule has 5 nitrogen and oxygen atoms in total. The number of anilines is 2. The number of hydrogen-bond acceptors (Lipinski definition) is 4. The van der Waals surface area contributed by atoms with E-state index in [1.54, 1.807) is 59.6 Å². The van der Waals surface area contributed by atoms with Crippen LogP contribution in [0.4, 0.5) is 11.4 Å². The Morgan fingerprint density at radius 1 is 0.933 bits per heavy atom. The van der Waals surface area contributed by atoms with Crippen LogP contribution in [0.5, 0.6) is 5.75 Å². The third-order valence-electron chi connectivity index (χ3n) is 4.81. The van der Waals surface area contributed by atoms with Crippen LogP contribution in [-0.4, -0.2) is 21.2 Å². The number of phenols is 1. The van der Waals surface area contributed by atoms with Gasteiger partial charge in [-0.1, -0.05) is 59.6 Å². The van der Waals surface area contributed by atoms with Crippen molar-refractivity contribution in [3.63, 3.8) is 0 Å². The Bertz CT molecular complexity index is 1260. The van der Waals surface area contributed by atoms with Crippen LogP contribution in [0, 0.1) is 0 Å². The molecule has 0 saturated carbocycles. The second kappa shape index (κ2) is 8.22. The maximum Gasteiger partial charge on any atom is 0.337 e. The van der Waals surface area contributed by atoms with E-state index in [9.17, 15) is 15.0 Å². The molecule has 7 heteroatoms. The van der Waals surface area contributed by atoms with Gasteiger partial charge in [-0.2, -0.15) is 0 Å². The summed E-state index contributed by atoms with van der Waals surface area (Å²) in [5.41, 5.74) is 2.09. The number of rotatable bonds is 5. The van der Waals surface area contributed by atoms with Crippen LogP contribution in [-0.2, 0) is 6.54 Å². The van der Waals surface area contributed by atoms with Gasteiger partial charge in [0, 0.05) is 17.1 Å². The molecule has 0 bridgehead atoms. The van der Waals surface area contributed by atoms with E-state index in [2.05, 4.69) is 4.98 Å². The van der Waals surface area contributed by atoms with Crippen molar-refractivity contribution in [3.8, 4) is 5.75 Å². The molecule has 4 aromatic rings. The summed E-state index contributed by atoms with van der Waals surface area (Å²) < 4.78 is 0. The predicted molar refractivity (Wildman–Crippen MR) is 119 cm³/mol. The largest absolute Gasteiger partial charge is 0.505 e. The summed E-state index contributed by atoms with van der Waals surface area (Å²) >= 11 is 12.7. The number of phenolic OH excluding ortho intramolecular Hbond substituents is 1. The lowest BCUT2D eigenvalue weighted by Gasteiger charge is -2.28. The van der Waals surface area contributed by atoms with Gasteiger partial charge in [0.05, 0.1) is 33.5 Å². The summed E-state index contributed by atoms with van der Waals surface area (Å²) in [6, 6.07) is 19.1. The van der Waals surface area contributed by atoms with Crippen molar-refractivity contribution < 1.29 is 15.0 Å². The normalized spacial score (nSPS) is 10.9. The van der Waals surface area contributed by atoms with Gasteiger partial charge >= 0.3 is 5.97 Å². The molecule has 0 saturated heterocycles. The number of carboxylic acid groups (broad SMARTS) is 1. The van der Waals surface area contributed by atoms with Gasteiger partial charge in [0.1, 0.15) is 11.3 Å². The molecule has 0 aliphatic heterocycles. The Hall–Kier alpha value is -3.28. The number of aromatic carboxylic acids is 1. The maximum atomic E-state index is 11.9. The number of pyridine rings is 1. The Balaban J connectivity index is 1.90. The monoisotopic (exact) mass is 438 g/mol.